The lowest BCUT2D eigenvalue weighted by molar-refractivity contribution is -0.120. The summed E-state index contributed by atoms with van der Waals surface area (Å²) in [5, 5.41) is 14.5. The van der Waals surface area contributed by atoms with Crippen molar-refractivity contribution in [3.05, 3.63) is 94.6 Å². The Morgan fingerprint density at radius 1 is 1.17 bits per heavy atom. The van der Waals surface area contributed by atoms with Gasteiger partial charge in [0.05, 0.1) is 17.9 Å². The zero-order valence-corrected chi connectivity index (χ0v) is 23.7. The van der Waals surface area contributed by atoms with Gasteiger partial charge in [-0.15, -0.1) is 0 Å². The number of pyridine rings is 1. The van der Waals surface area contributed by atoms with Crippen LogP contribution in [-0.2, 0) is 16.8 Å². The highest BCUT2D eigenvalue weighted by atomic mass is 19.1. The Morgan fingerprint density at radius 3 is 2.68 bits per heavy atom. The maximum atomic E-state index is 13.9. The van der Waals surface area contributed by atoms with Crippen LogP contribution in [0.4, 0.5) is 10.1 Å². The van der Waals surface area contributed by atoms with Gasteiger partial charge in [0.2, 0.25) is 5.91 Å². The molecular formula is C32H36FN5O3. The van der Waals surface area contributed by atoms with Gasteiger partial charge in [-0.2, -0.15) is 0 Å². The Morgan fingerprint density at radius 2 is 1.93 bits per heavy atom. The Bertz CT molecular complexity index is 1480. The predicted molar refractivity (Wildman–Crippen MR) is 154 cm³/mol. The van der Waals surface area contributed by atoms with Gasteiger partial charge in [-0.1, -0.05) is 44.2 Å². The number of anilines is 1. The summed E-state index contributed by atoms with van der Waals surface area (Å²) in [7, 11) is 0. The molecule has 0 unspecified atom stereocenters. The normalized spacial score (nSPS) is 22.5. The fourth-order valence-electron chi connectivity index (χ4n) is 6.34. The van der Waals surface area contributed by atoms with E-state index >= 15 is 0 Å². The average Bonchev–Trinajstić information content (AvgIpc) is 3.42. The molecule has 2 N–H and O–H groups in total. The van der Waals surface area contributed by atoms with Gasteiger partial charge in [0.15, 0.2) is 0 Å². The topological polar surface area (TPSA) is 89.0 Å². The number of fused-ring (bicyclic) bond motifs is 2. The molecule has 8 nitrogen and oxygen atoms in total. The van der Waals surface area contributed by atoms with E-state index in [1.54, 1.807) is 23.2 Å². The number of benzene rings is 2. The molecule has 3 atom stereocenters. The third kappa shape index (κ3) is 5.25. The number of carbonyl (C=O) groups excluding carboxylic acids is 2. The Balaban J connectivity index is 1.21. The molecule has 1 fully saturated rings. The van der Waals surface area contributed by atoms with E-state index in [1.165, 1.54) is 12.1 Å². The molecule has 41 heavy (non-hydrogen) atoms. The first-order chi connectivity index (χ1) is 19.6. The molecule has 9 heteroatoms. The number of carbonyl (C=O) groups is 2. The molecule has 2 aromatic carbocycles. The second-order valence-corrected chi connectivity index (χ2v) is 12.2. The molecule has 0 radical (unpaired) electrons. The van der Waals surface area contributed by atoms with Gasteiger partial charge < -0.3 is 20.2 Å². The second-order valence-electron chi connectivity index (χ2n) is 12.2. The van der Waals surface area contributed by atoms with Crippen molar-refractivity contribution in [2.24, 2.45) is 0 Å². The number of rotatable bonds is 6. The van der Waals surface area contributed by atoms with Gasteiger partial charge in [0.25, 0.3) is 5.91 Å². The van der Waals surface area contributed by atoms with Crippen molar-refractivity contribution in [1.29, 1.82) is 0 Å². The van der Waals surface area contributed by atoms with E-state index in [2.05, 4.69) is 36.0 Å². The van der Waals surface area contributed by atoms with E-state index in [0.717, 1.165) is 16.8 Å². The molecule has 3 aromatic rings. The molecule has 0 spiro atoms. The number of piperazine rings is 1. The first-order valence-electron chi connectivity index (χ1n) is 14.2. The highest BCUT2D eigenvalue weighted by Gasteiger charge is 2.41. The number of nitrogens with one attached hydrogen (secondary N) is 1. The van der Waals surface area contributed by atoms with Gasteiger partial charge in [0, 0.05) is 67.5 Å². The van der Waals surface area contributed by atoms with Crippen molar-refractivity contribution in [3.8, 4) is 0 Å². The van der Waals surface area contributed by atoms with Crippen molar-refractivity contribution < 1.29 is 19.1 Å². The lowest BCUT2D eigenvalue weighted by Crippen LogP contribution is -2.60. The predicted octanol–water partition coefficient (Wildman–Crippen LogP) is 3.24. The summed E-state index contributed by atoms with van der Waals surface area (Å²) in [4.78, 5) is 37.5. The van der Waals surface area contributed by atoms with Gasteiger partial charge in [-0.05, 0) is 42.3 Å². The van der Waals surface area contributed by atoms with Gasteiger partial charge >= 0.3 is 0 Å². The molecule has 4 heterocycles. The summed E-state index contributed by atoms with van der Waals surface area (Å²) in [6.45, 7) is 9.43. The van der Waals surface area contributed by atoms with Gasteiger partial charge in [-0.3, -0.25) is 19.5 Å². The molecule has 1 saturated heterocycles. The lowest BCUT2D eigenvalue weighted by Gasteiger charge is -2.41. The number of hydrogen-bond donors (Lipinski definition) is 2. The summed E-state index contributed by atoms with van der Waals surface area (Å²) in [5.74, 6) is -0.369. The molecule has 0 bridgehead atoms. The first-order valence-corrected chi connectivity index (χ1v) is 14.2. The first kappa shape index (κ1) is 27.5. The van der Waals surface area contributed by atoms with Crippen molar-refractivity contribution in [2.45, 2.75) is 50.9 Å². The number of amides is 2. The Hall–Kier alpha value is -3.66. The third-order valence-corrected chi connectivity index (χ3v) is 8.57. The molecule has 214 valence electrons. The Labute approximate surface area is 239 Å². The van der Waals surface area contributed by atoms with E-state index in [1.807, 2.05) is 35.2 Å². The van der Waals surface area contributed by atoms with Crippen LogP contribution in [0.25, 0.3) is 0 Å². The highest BCUT2D eigenvalue weighted by molar-refractivity contribution is 5.98. The number of aromatic nitrogens is 1. The second kappa shape index (κ2) is 10.6. The maximum Gasteiger partial charge on any atom is 0.254 e. The minimum absolute atomic E-state index is 0.00625. The van der Waals surface area contributed by atoms with Crippen LogP contribution in [0.5, 0.6) is 0 Å². The fourth-order valence-corrected chi connectivity index (χ4v) is 6.34. The van der Waals surface area contributed by atoms with Crippen molar-refractivity contribution >= 4 is 17.5 Å². The van der Waals surface area contributed by atoms with Crippen LogP contribution in [0.3, 0.4) is 0 Å². The minimum Gasteiger partial charge on any atom is -0.384 e. The van der Waals surface area contributed by atoms with Crippen LogP contribution in [0, 0.1) is 5.82 Å². The van der Waals surface area contributed by atoms with Crippen LogP contribution in [-0.4, -0.2) is 76.5 Å². The standard InChI is InChI=1S/C32H36FN5O3/c1-20-15-36(25(14-34-20)17-37-16-22-6-4-5-7-26(22)31(37)41)18-28(39)38-19-32(2,3)30-27(38)12-23(13-35-30)29(40)21-8-10-24(33)11-9-21/h4-13,20,25,29,34,40H,14-19H2,1-3H3/t20-,25-,29-/m1/s1. The minimum atomic E-state index is -0.991. The summed E-state index contributed by atoms with van der Waals surface area (Å²) in [6.07, 6.45) is 0.649. The monoisotopic (exact) mass is 557 g/mol. The fraction of sp³-hybridized carbons (Fsp3) is 0.406. The summed E-state index contributed by atoms with van der Waals surface area (Å²) >= 11 is 0. The average molecular weight is 558 g/mol. The molecular weight excluding hydrogens is 521 g/mol. The SMILES string of the molecule is C[C@@H]1CN(CC(=O)N2CC(C)(C)c3ncc([C@H](O)c4ccc(F)cc4)cc32)[C@@H](CN2Cc3ccccc3C2=O)CN1. The zero-order chi connectivity index (χ0) is 28.9. The lowest BCUT2D eigenvalue weighted by atomic mass is 9.90. The quantitative estimate of drug-likeness (QED) is 0.484. The molecule has 3 aliphatic heterocycles. The molecule has 0 aliphatic carbocycles. The third-order valence-electron chi connectivity index (χ3n) is 8.57. The van der Waals surface area contributed by atoms with E-state index in [4.69, 9.17) is 0 Å². The van der Waals surface area contributed by atoms with Crippen molar-refractivity contribution in [2.75, 3.05) is 37.6 Å². The van der Waals surface area contributed by atoms with E-state index in [0.29, 0.717) is 49.5 Å². The molecule has 6 rings (SSSR count). The number of halogens is 1. The largest absolute Gasteiger partial charge is 0.384 e. The summed E-state index contributed by atoms with van der Waals surface area (Å²) in [6, 6.07) is 15.5. The number of aliphatic hydroxyl groups is 1. The van der Waals surface area contributed by atoms with Crippen LogP contribution in [0.1, 0.15) is 59.6 Å². The zero-order valence-electron chi connectivity index (χ0n) is 23.7. The van der Waals surface area contributed by atoms with E-state index in [9.17, 15) is 19.1 Å². The van der Waals surface area contributed by atoms with Crippen LogP contribution in [0.15, 0.2) is 60.8 Å². The van der Waals surface area contributed by atoms with Gasteiger partial charge in [0.1, 0.15) is 11.9 Å². The smallest absolute Gasteiger partial charge is 0.254 e. The molecule has 3 aliphatic rings. The number of hydrogen-bond acceptors (Lipinski definition) is 6. The molecule has 1 aromatic heterocycles. The van der Waals surface area contributed by atoms with Crippen LogP contribution < -0.4 is 10.2 Å². The molecule has 2 amide bonds. The van der Waals surface area contributed by atoms with E-state index in [-0.39, 0.29) is 41.7 Å². The Kier molecular flexibility index (Phi) is 7.13. The summed E-state index contributed by atoms with van der Waals surface area (Å²) < 4.78 is 13.4. The van der Waals surface area contributed by atoms with Crippen molar-refractivity contribution in [3.63, 3.8) is 0 Å². The summed E-state index contributed by atoms with van der Waals surface area (Å²) in [5.41, 5.74) is 4.06. The maximum absolute atomic E-state index is 13.9. The van der Waals surface area contributed by atoms with Crippen LogP contribution >= 0.6 is 0 Å². The van der Waals surface area contributed by atoms with E-state index < -0.39 is 6.10 Å². The molecule has 0 saturated carbocycles. The van der Waals surface area contributed by atoms with Crippen LogP contribution in [0.2, 0.25) is 0 Å². The van der Waals surface area contributed by atoms with Gasteiger partial charge in [-0.25, -0.2) is 4.39 Å². The highest BCUT2D eigenvalue weighted by Crippen LogP contribution is 2.41. The number of nitrogens with zero attached hydrogens (tertiary/aromatic N) is 4. The van der Waals surface area contributed by atoms with Crippen molar-refractivity contribution in [1.82, 2.24) is 20.1 Å². The number of aliphatic hydroxyl groups excluding tert-OH is 1.